The molecule has 3 rings (SSSR count). The second-order valence-electron chi connectivity index (χ2n) is 5.36. The van der Waals surface area contributed by atoms with Crippen LogP contribution in [0.2, 0.25) is 0 Å². The summed E-state index contributed by atoms with van der Waals surface area (Å²) in [6.07, 6.45) is 5.28. The fourth-order valence-corrected chi connectivity index (χ4v) is 2.62. The average molecular weight is 285 g/mol. The molecule has 110 valence electrons. The lowest BCUT2D eigenvalue weighted by Crippen LogP contribution is -2.45. The van der Waals surface area contributed by atoms with Crippen LogP contribution in [0.1, 0.15) is 28.8 Å². The molecule has 2 heterocycles. The molecule has 0 bridgehead atoms. The van der Waals surface area contributed by atoms with Gasteiger partial charge in [-0.1, -0.05) is 0 Å². The van der Waals surface area contributed by atoms with Gasteiger partial charge in [0, 0.05) is 18.2 Å². The fraction of sp³-hybridized carbons (Fsp3) is 0.400. The van der Waals surface area contributed by atoms with E-state index < -0.39 is 0 Å². The van der Waals surface area contributed by atoms with Gasteiger partial charge in [-0.15, -0.1) is 0 Å². The first-order chi connectivity index (χ1) is 10.2. The molecule has 1 aromatic heterocycles. The fourth-order valence-electron chi connectivity index (χ4n) is 2.62. The molecule has 0 aliphatic carbocycles. The van der Waals surface area contributed by atoms with E-state index in [-0.39, 0.29) is 11.9 Å². The van der Waals surface area contributed by atoms with Gasteiger partial charge in [0.15, 0.2) is 0 Å². The van der Waals surface area contributed by atoms with Crippen molar-refractivity contribution in [3.05, 3.63) is 42.0 Å². The summed E-state index contributed by atoms with van der Waals surface area (Å²) in [6.45, 7) is 3.83. The molecule has 1 aromatic carbocycles. The van der Waals surface area contributed by atoms with E-state index in [0.29, 0.717) is 5.56 Å². The third-order valence-electron chi connectivity index (χ3n) is 3.77. The molecule has 2 aromatic rings. The maximum atomic E-state index is 12.4. The zero-order valence-corrected chi connectivity index (χ0v) is 12.0. The third kappa shape index (κ3) is 3.11. The van der Waals surface area contributed by atoms with Crippen molar-refractivity contribution < 1.29 is 4.79 Å². The molecule has 0 saturated carbocycles. The molecule has 6 nitrogen and oxygen atoms in total. The Balaban J connectivity index is 1.74. The molecular formula is C15H19N5O. The summed E-state index contributed by atoms with van der Waals surface area (Å²) < 4.78 is 1.68. The summed E-state index contributed by atoms with van der Waals surface area (Å²) >= 11 is 0. The number of nitrogens with zero attached hydrogens (tertiary/aromatic N) is 3. The zero-order valence-electron chi connectivity index (χ0n) is 12.0. The van der Waals surface area contributed by atoms with Crippen LogP contribution < -0.4 is 10.6 Å². The van der Waals surface area contributed by atoms with Crippen molar-refractivity contribution in [2.75, 3.05) is 13.1 Å². The molecule has 6 heteroatoms. The first-order valence-electron chi connectivity index (χ1n) is 7.21. The Kier molecular flexibility index (Phi) is 3.96. The van der Waals surface area contributed by atoms with Crippen LogP contribution in [0.5, 0.6) is 0 Å². The van der Waals surface area contributed by atoms with Crippen molar-refractivity contribution in [3.8, 4) is 5.69 Å². The number of aromatic nitrogens is 3. The summed E-state index contributed by atoms with van der Waals surface area (Å²) in [6, 6.07) is 5.90. The van der Waals surface area contributed by atoms with E-state index in [9.17, 15) is 4.79 Å². The van der Waals surface area contributed by atoms with Gasteiger partial charge in [0.2, 0.25) is 0 Å². The lowest BCUT2D eigenvalue weighted by atomic mass is 10.0. The topological polar surface area (TPSA) is 71.8 Å². The third-order valence-corrected chi connectivity index (χ3v) is 3.77. The van der Waals surface area contributed by atoms with Crippen LogP contribution in [0.3, 0.4) is 0 Å². The number of carbonyl (C=O) groups is 1. The predicted molar refractivity (Wildman–Crippen MR) is 79.5 cm³/mol. The summed E-state index contributed by atoms with van der Waals surface area (Å²) in [5.74, 6) is -0.00802. The largest absolute Gasteiger partial charge is 0.348 e. The number of benzene rings is 1. The standard InChI is InChI=1S/C15H19N5O/c1-11-7-13(20-10-17-9-18-20)4-5-14(11)15(21)19-12-3-2-6-16-8-12/h4-5,7,9-10,12,16H,2-3,6,8H2,1H3,(H,19,21)/t12-/m0/s1. The van der Waals surface area contributed by atoms with Crippen molar-refractivity contribution in [3.63, 3.8) is 0 Å². The van der Waals surface area contributed by atoms with E-state index >= 15 is 0 Å². The molecule has 0 unspecified atom stereocenters. The van der Waals surface area contributed by atoms with E-state index in [4.69, 9.17) is 0 Å². The molecule has 2 N–H and O–H groups in total. The Bertz CT molecular complexity index is 617. The maximum absolute atomic E-state index is 12.4. The van der Waals surface area contributed by atoms with Crippen LogP contribution in [0.4, 0.5) is 0 Å². The zero-order chi connectivity index (χ0) is 14.7. The number of nitrogens with one attached hydrogen (secondary N) is 2. The van der Waals surface area contributed by atoms with Crippen LogP contribution in [0, 0.1) is 6.92 Å². The molecule has 1 fully saturated rings. The number of hydrogen-bond acceptors (Lipinski definition) is 4. The number of aryl methyl sites for hydroxylation is 1. The maximum Gasteiger partial charge on any atom is 0.251 e. The predicted octanol–water partition coefficient (Wildman–Crippen LogP) is 1.06. The molecule has 0 radical (unpaired) electrons. The van der Waals surface area contributed by atoms with Crippen LogP contribution in [0.15, 0.2) is 30.9 Å². The second kappa shape index (κ2) is 6.05. The number of piperidine rings is 1. The summed E-state index contributed by atoms with van der Waals surface area (Å²) in [5, 5.41) is 10.5. The van der Waals surface area contributed by atoms with E-state index in [0.717, 1.165) is 37.2 Å². The van der Waals surface area contributed by atoms with Crippen molar-refractivity contribution in [2.45, 2.75) is 25.8 Å². The van der Waals surface area contributed by atoms with Crippen molar-refractivity contribution in [1.82, 2.24) is 25.4 Å². The molecule has 1 aliphatic rings. The van der Waals surface area contributed by atoms with Gasteiger partial charge >= 0.3 is 0 Å². The highest BCUT2D eigenvalue weighted by Gasteiger charge is 2.17. The SMILES string of the molecule is Cc1cc(-n2cncn2)ccc1C(=O)N[C@H]1CCCNC1. The van der Waals surface area contributed by atoms with Crippen molar-refractivity contribution in [2.24, 2.45) is 0 Å². The Morgan fingerprint density at radius 3 is 3.05 bits per heavy atom. The van der Waals surface area contributed by atoms with Gasteiger partial charge in [-0.25, -0.2) is 9.67 Å². The molecular weight excluding hydrogens is 266 g/mol. The lowest BCUT2D eigenvalue weighted by molar-refractivity contribution is 0.0930. The molecule has 1 aliphatic heterocycles. The average Bonchev–Trinajstić information content (AvgIpc) is 3.02. The Morgan fingerprint density at radius 2 is 2.38 bits per heavy atom. The smallest absolute Gasteiger partial charge is 0.251 e. The summed E-state index contributed by atoms with van der Waals surface area (Å²) in [4.78, 5) is 16.3. The molecule has 1 amide bonds. The minimum atomic E-state index is -0.00802. The number of hydrogen-bond donors (Lipinski definition) is 2. The second-order valence-corrected chi connectivity index (χ2v) is 5.36. The van der Waals surface area contributed by atoms with E-state index in [2.05, 4.69) is 20.7 Å². The van der Waals surface area contributed by atoms with E-state index in [1.54, 1.807) is 11.0 Å². The molecule has 1 atom stereocenters. The number of carbonyl (C=O) groups excluding carboxylic acids is 1. The Labute approximate surface area is 123 Å². The van der Waals surface area contributed by atoms with Gasteiger partial charge in [0.1, 0.15) is 12.7 Å². The van der Waals surface area contributed by atoms with Crippen molar-refractivity contribution >= 4 is 5.91 Å². The minimum absolute atomic E-state index is 0.00802. The van der Waals surface area contributed by atoms with E-state index in [1.807, 2.05) is 25.1 Å². The highest BCUT2D eigenvalue weighted by molar-refractivity contribution is 5.96. The van der Waals surface area contributed by atoms with Gasteiger partial charge in [0.05, 0.1) is 5.69 Å². The normalized spacial score (nSPS) is 18.4. The van der Waals surface area contributed by atoms with Gasteiger partial charge < -0.3 is 10.6 Å². The Morgan fingerprint density at radius 1 is 1.48 bits per heavy atom. The summed E-state index contributed by atoms with van der Waals surface area (Å²) in [7, 11) is 0. The summed E-state index contributed by atoms with van der Waals surface area (Å²) in [5.41, 5.74) is 2.55. The van der Waals surface area contributed by atoms with Gasteiger partial charge in [-0.2, -0.15) is 5.10 Å². The van der Waals surface area contributed by atoms with Crippen LogP contribution in [-0.2, 0) is 0 Å². The lowest BCUT2D eigenvalue weighted by Gasteiger charge is -2.24. The van der Waals surface area contributed by atoms with Crippen LogP contribution in [0.25, 0.3) is 5.69 Å². The van der Waals surface area contributed by atoms with Crippen LogP contribution >= 0.6 is 0 Å². The van der Waals surface area contributed by atoms with Gasteiger partial charge in [-0.05, 0) is 50.1 Å². The van der Waals surface area contributed by atoms with Gasteiger partial charge in [0.25, 0.3) is 5.91 Å². The minimum Gasteiger partial charge on any atom is -0.348 e. The molecule has 21 heavy (non-hydrogen) atoms. The Hall–Kier alpha value is -2.21. The highest BCUT2D eigenvalue weighted by atomic mass is 16.1. The first-order valence-corrected chi connectivity index (χ1v) is 7.21. The van der Waals surface area contributed by atoms with E-state index in [1.165, 1.54) is 6.33 Å². The first kappa shape index (κ1) is 13.8. The number of rotatable bonds is 3. The monoisotopic (exact) mass is 285 g/mol. The quantitative estimate of drug-likeness (QED) is 0.884. The molecule has 0 spiro atoms. The van der Waals surface area contributed by atoms with Crippen molar-refractivity contribution in [1.29, 1.82) is 0 Å². The number of amides is 1. The molecule has 1 saturated heterocycles. The highest BCUT2D eigenvalue weighted by Crippen LogP contribution is 2.14. The van der Waals surface area contributed by atoms with Gasteiger partial charge in [-0.3, -0.25) is 4.79 Å². The van der Waals surface area contributed by atoms with Crippen LogP contribution in [-0.4, -0.2) is 39.8 Å².